The van der Waals surface area contributed by atoms with Gasteiger partial charge in [-0.25, -0.2) is 9.78 Å². The van der Waals surface area contributed by atoms with E-state index in [4.69, 9.17) is 0 Å². The largest absolute Gasteiger partial charge is 0.325 e. The number of rotatable bonds is 2. The van der Waals surface area contributed by atoms with Crippen molar-refractivity contribution in [3.05, 3.63) is 16.1 Å². The molecule has 2 saturated heterocycles. The fraction of sp³-hybridized carbons (Fsp3) is 0.643. The Labute approximate surface area is 132 Å². The standard InChI is InChI=1S/C14H19N3O2S2/c1-13(2,3)10-15-9(7-21-10)6-17-11(18)14(16-12(17)19)4-5-20-8-14/h7H,4-6,8H2,1-3H3,(H,16,19)/t14-/m1/s1. The van der Waals surface area contributed by atoms with E-state index in [1.165, 1.54) is 4.90 Å². The molecular weight excluding hydrogens is 306 g/mol. The van der Waals surface area contributed by atoms with Crippen molar-refractivity contribution in [2.24, 2.45) is 0 Å². The molecule has 3 amide bonds. The summed E-state index contributed by atoms with van der Waals surface area (Å²) in [7, 11) is 0. The zero-order valence-electron chi connectivity index (χ0n) is 12.4. The van der Waals surface area contributed by atoms with Gasteiger partial charge in [0.2, 0.25) is 0 Å². The van der Waals surface area contributed by atoms with Gasteiger partial charge in [0.05, 0.1) is 17.2 Å². The zero-order valence-corrected chi connectivity index (χ0v) is 14.1. The number of carbonyl (C=O) groups excluding carboxylic acids is 2. The number of nitrogens with zero attached hydrogens (tertiary/aromatic N) is 2. The van der Waals surface area contributed by atoms with Crippen LogP contribution in [0.2, 0.25) is 0 Å². The summed E-state index contributed by atoms with van der Waals surface area (Å²) in [5.41, 5.74) is 0.116. The molecule has 1 atom stereocenters. The Kier molecular flexibility index (Phi) is 3.52. The lowest BCUT2D eigenvalue weighted by Crippen LogP contribution is -2.46. The summed E-state index contributed by atoms with van der Waals surface area (Å²) in [6.07, 6.45) is 0.725. The highest BCUT2D eigenvalue weighted by atomic mass is 32.2. The molecule has 0 unspecified atom stereocenters. The van der Waals surface area contributed by atoms with E-state index >= 15 is 0 Å². The quantitative estimate of drug-likeness (QED) is 0.848. The minimum Gasteiger partial charge on any atom is -0.322 e. The molecule has 21 heavy (non-hydrogen) atoms. The van der Waals surface area contributed by atoms with Gasteiger partial charge >= 0.3 is 6.03 Å². The van der Waals surface area contributed by atoms with Crippen LogP contribution in [0, 0.1) is 0 Å². The van der Waals surface area contributed by atoms with Gasteiger partial charge in [-0.1, -0.05) is 20.8 Å². The number of aromatic nitrogens is 1. The van der Waals surface area contributed by atoms with Gasteiger partial charge in [0.1, 0.15) is 5.54 Å². The minimum absolute atomic E-state index is 0.0104. The average molecular weight is 325 g/mol. The van der Waals surface area contributed by atoms with Crippen molar-refractivity contribution in [1.29, 1.82) is 0 Å². The first kappa shape index (κ1) is 14.8. The molecule has 5 nitrogen and oxygen atoms in total. The predicted molar refractivity (Wildman–Crippen MR) is 84.6 cm³/mol. The first-order valence-electron chi connectivity index (χ1n) is 6.99. The number of carbonyl (C=O) groups is 2. The third-order valence-electron chi connectivity index (χ3n) is 3.78. The fourth-order valence-electron chi connectivity index (χ4n) is 2.54. The van der Waals surface area contributed by atoms with Gasteiger partial charge < -0.3 is 5.32 Å². The number of thioether (sulfide) groups is 1. The van der Waals surface area contributed by atoms with E-state index in [0.29, 0.717) is 5.75 Å². The van der Waals surface area contributed by atoms with Crippen LogP contribution in [0.4, 0.5) is 4.79 Å². The first-order chi connectivity index (χ1) is 9.82. The van der Waals surface area contributed by atoms with E-state index in [1.807, 2.05) is 5.38 Å². The highest BCUT2D eigenvalue weighted by Gasteiger charge is 2.52. The van der Waals surface area contributed by atoms with Gasteiger partial charge in [-0.2, -0.15) is 11.8 Å². The van der Waals surface area contributed by atoms with Crippen LogP contribution in [0.1, 0.15) is 37.9 Å². The van der Waals surface area contributed by atoms with Gasteiger partial charge in [0, 0.05) is 16.5 Å². The van der Waals surface area contributed by atoms with E-state index in [0.717, 1.165) is 22.9 Å². The van der Waals surface area contributed by atoms with Crippen molar-refractivity contribution in [3.63, 3.8) is 0 Å². The lowest BCUT2D eigenvalue weighted by Gasteiger charge is -2.19. The Hall–Kier alpha value is -1.08. The van der Waals surface area contributed by atoms with Crippen molar-refractivity contribution in [2.75, 3.05) is 11.5 Å². The second kappa shape index (κ2) is 4.98. The van der Waals surface area contributed by atoms with Gasteiger partial charge in [-0.3, -0.25) is 9.69 Å². The SMILES string of the molecule is CC(C)(C)c1nc(CN2C(=O)N[C@@]3(CCSC3)C2=O)cs1. The first-order valence-corrected chi connectivity index (χ1v) is 9.02. The number of hydrogen-bond donors (Lipinski definition) is 1. The van der Waals surface area contributed by atoms with Crippen LogP contribution in [-0.4, -0.2) is 38.9 Å². The molecule has 0 saturated carbocycles. The van der Waals surface area contributed by atoms with Crippen LogP contribution in [0.3, 0.4) is 0 Å². The van der Waals surface area contributed by atoms with Crippen molar-refractivity contribution in [3.8, 4) is 0 Å². The summed E-state index contributed by atoms with van der Waals surface area (Å²) < 4.78 is 0. The Balaban J connectivity index is 1.77. The van der Waals surface area contributed by atoms with E-state index in [9.17, 15) is 9.59 Å². The lowest BCUT2D eigenvalue weighted by molar-refractivity contribution is -0.130. The molecule has 0 aliphatic carbocycles. The predicted octanol–water partition coefficient (Wildman–Crippen LogP) is 2.37. The molecule has 0 radical (unpaired) electrons. The number of thiazole rings is 1. The Morgan fingerprint density at radius 1 is 1.43 bits per heavy atom. The van der Waals surface area contributed by atoms with Crippen LogP contribution in [0.15, 0.2) is 5.38 Å². The smallest absolute Gasteiger partial charge is 0.322 e. The molecule has 7 heteroatoms. The molecule has 0 aromatic carbocycles. The van der Waals surface area contributed by atoms with Gasteiger partial charge in [0.15, 0.2) is 0 Å². The van der Waals surface area contributed by atoms with E-state index in [2.05, 4.69) is 31.1 Å². The summed E-state index contributed by atoms with van der Waals surface area (Å²) in [5, 5.41) is 5.84. The van der Waals surface area contributed by atoms with Crippen molar-refractivity contribution in [2.45, 2.75) is 44.7 Å². The highest BCUT2D eigenvalue weighted by Crippen LogP contribution is 2.34. The molecule has 1 spiro atoms. The number of amides is 3. The van der Waals surface area contributed by atoms with Crippen LogP contribution in [-0.2, 0) is 16.8 Å². The maximum absolute atomic E-state index is 12.6. The fourth-order valence-corrected chi connectivity index (χ4v) is 4.76. The van der Waals surface area contributed by atoms with Crippen LogP contribution >= 0.6 is 23.1 Å². The number of nitrogens with one attached hydrogen (secondary N) is 1. The number of imide groups is 1. The molecule has 1 aromatic rings. The van der Waals surface area contributed by atoms with Crippen LogP contribution in [0.25, 0.3) is 0 Å². The second-order valence-electron chi connectivity index (χ2n) is 6.60. The summed E-state index contributed by atoms with van der Waals surface area (Å²) in [6, 6.07) is -0.284. The normalized spacial score (nSPS) is 26.0. The monoisotopic (exact) mass is 325 g/mol. The molecular formula is C14H19N3O2S2. The third-order valence-corrected chi connectivity index (χ3v) is 6.29. The molecule has 1 N–H and O–H groups in total. The molecule has 3 rings (SSSR count). The molecule has 2 aliphatic heterocycles. The molecule has 2 aliphatic rings. The van der Waals surface area contributed by atoms with E-state index in [1.54, 1.807) is 23.1 Å². The van der Waals surface area contributed by atoms with E-state index < -0.39 is 5.54 Å². The van der Waals surface area contributed by atoms with Crippen molar-refractivity contribution in [1.82, 2.24) is 15.2 Å². The molecule has 3 heterocycles. The third kappa shape index (κ3) is 2.57. The molecule has 1 aromatic heterocycles. The van der Waals surface area contributed by atoms with Crippen molar-refractivity contribution < 1.29 is 9.59 Å². The topological polar surface area (TPSA) is 62.3 Å². The summed E-state index contributed by atoms with van der Waals surface area (Å²) in [6.45, 7) is 6.58. The summed E-state index contributed by atoms with van der Waals surface area (Å²) >= 11 is 3.30. The maximum atomic E-state index is 12.6. The molecule has 114 valence electrons. The summed E-state index contributed by atoms with van der Waals surface area (Å²) in [4.78, 5) is 30.5. The Bertz CT molecular complexity index is 585. The average Bonchev–Trinajstić information content (AvgIpc) is 3.07. The van der Waals surface area contributed by atoms with Gasteiger partial charge in [-0.05, 0) is 12.2 Å². The minimum atomic E-state index is -0.662. The van der Waals surface area contributed by atoms with Crippen LogP contribution in [0.5, 0.6) is 0 Å². The number of hydrogen-bond acceptors (Lipinski definition) is 5. The van der Waals surface area contributed by atoms with Gasteiger partial charge in [0.25, 0.3) is 5.91 Å². The van der Waals surface area contributed by atoms with Crippen LogP contribution < -0.4 is 5.32 Å². The Morgan fingerprint density at radius 2 is 2.19 bits per heavy atom. The number of urea groups is 1. The van der Waals surface area contributed by atoms with Gasteiger partial charge in [-0.15, -0.1) is 11.3 Å². The molecule has 0 bridgehead atoms. The van der Waals surface area contributed by atoms with Crippen molar-refractivity contribution >= 4 is 35.0 Å². The second-order valence-corrected chi connectivity index (χ2v) is 8.56. The lowest BCUT2D eigenvalue weighted by atomic mass is 9.98. The van der Waals surface area contributed by atoms with E-state index in [-0.39, 0.29) is 23.9 Å². The zero-order chi connectivity index (χ0) is 15.3. The highest BCUT2D eigenvalue weighted by molar-refractivity contribution is 7.99. The summed E-state index contributed by atoms with van der Waals surface area (Å²) in [5.74, 6) is 1.51. The Morgan fingerprint density at radius 3 is 2.76 bits per heavy atom. The molecule has 2 fully saturated rings. The maximum Gasteiger partial charge on any atom is 0.325 e.